The average Bonchev–Trinajstić information content (AvgIpc) is 3.36. The summed E-state index contributed by atoms with van der Waals surface area (Å²) in [5, 5.41) is 19.1. The van der Waals surface area contributed by atoms with Gasteiger partial charge in [-0.3, -0.25) is 4.79 Å². The SMILES string of the molecule is C[C@@H](O)c1cccc(NC(=O)c2cnn3c2N[C@@H](c2ccco2)C[C@H]3C(F)(F)F)c1. The van der Waals surface area contributed by atoms with Crippen LogP contribution in [0.1, 0.15) is 53.2 Å². The van der Waals surface area contributed by atoms with Gasteiger partial charge >= 0.3 is 6.18 Å². The van der Waals surface area contributed by atoms with Crippen LogP contribution in [0, 0.1) is 0 Å². The van der Waals surface area contributed by atoms with Gasteiger partial charge in [0.1, 0.15) is 17.1 Å². The maximum Gasteiger partial charge on any atom is 0.410 e. The van der Waals surface area contributed by atoms with E-state index in [1.807, 2.05) is 0 Å². The van der Waals surface area contributed by atoms with Gasteiger partial charge in [0.15, 0.2) is 6.04 Å². The molecule has 1 aromatic carbocycles. The van der Waals surface area contributed by atoms with Gasteiger partial charge < -0.3 is 20.2 Å². The maximum atomic E-state index is 13.7. The van der Waals surface area contributed by atoms with Crippen LogP contribution in [0.25, 0.3) is 0 Å². The molecular weight excluding hydrogens is 401 g/mol. The lowest BCUT2D eigenvalue weighted by atomic mass is 10.0. The van der Waals surface area contributed by atoms with Crippen molar-refractivity contribution in [3.8, 4) is 0 Å². The number of alkyl halides is 3. The van der Waals surface area contributed by atoms with Crippen LogP contribution in [0.5, 0.6) is 0 Å². The number of fused-ring (bicyclic) bond motifs is 1. The first-order valence-electron chi connectivity index (χ1n) is 9.27. The molecule has 3 N–H and O–H groups in total. The number of hydrogen-bond acceptors (Lipinski definition) is 5. The normalized spacial score (nSPS) is 19.6. The second-order valence-electron chi connectivity index (χ2n) is 7.11. The zero-order chi connectivity index (χ0) is 21.5. The highest BCUT2D eigenvalue weighted by molar-refractivity contribution is 6.07. The second-order valence-corrected chi connectivity index (χ2v) is 7.11. The molecule has 4 rings (SSSR count). The predicted molar refractivity (Wildman–Crippen MR) is 102 cm³/mol. The number of amides is 1. The van der Waals surface area contributed by atoms with E-state index in [1.54, 1.807) is 43.3 Å². The number of halogens is 3. The smallest absolute Gasteiger partial charge is 0.410 e. The summed E-state index contributed by atoms with van der Waals surface area (Å²) in [6.45, 7) is 1.59. The number of rotatable bonds is 4. The molecule has 0 unspecified atom stereocenters. The van der Waals surface area contributed by atoms with Crippen molar-refractivity contribution in [3.63, 3.8) is 0 Å². The third-order valence-corrected chi connectivity index (χ3v) is 5.00. The third-order valence-electron chi connectivity index (χ3n) is 5.00. The molecule has 0 aliphatic carbocycles. The van der Waals surface area contributed by atoms with Crippen LogP contribution in [0.4, 0.5) is 24.7 Å². The Bertz CT molecular complexity index is 1040. The summed E-state index contributed by atoms with van der Waals surface area (Å²) < 4.78 is 47.1. The Morgan fingerprint density at radius 2 is 2.17 bits per heavy atom. The summed E-state index contributed by atoms with van der Waals surface area (Å²) >= 11 is 0. The molecule has 1 amide bonds. The van der Waals surface area contributed by atoms with Gasteiger partial charge in [-0.1, -0.05) is 12.1 Å². The van der Waals surface area contributed by atoms with E-state index in [1.165, 1.54) is 6.26 Å². The Labute approximate surface area is 169 Å². The molecule has 0 spiro atoms. The van der Waals surface area contributed by atoms with Gasteiger partial charge in [0.2, 0.25) is 0 Å². The Morgan fingerprint density at radius 3 is 2.83 bits per heavy atom. The van der Waals surface area contributed by atoms with Crippen LogP contribution in [0.15, 0.2) is 53.3 Å². The monoisotopic (exact) mass is 420 g/mol. The zero-order valence-corrected chi connectivity index (χ0v) is 15.8. The Morgan fingerprint density at radius 1 is 1.37 bits per heavy atom. The minimum atomic E-state index is -4.55. The van der Waals surface area contributed by atoms with E-state index in [9.17, 15) is 23.1 Å². The molecule has 1 aliphatic rings. The molecular formula is C20H19F3N4O3. The van der Waals surface area contributed by atoms with Gasteiger partial charge in [-0.25, -0.2) is 4.68 Å². The molecule has 158 valence electrons. The molecule has 2 aromatic heterocycles. The summed E-state index contributed by atoms with van der Waals surface area (Å²) in [5.74, 6) is -0.311. The Kier molecular flexibility index (Phi) is 5.02. The highest BCUT2D eigenvalue weighted by Crippen LogP contribution is 2.44. The molecule has 0 saturated carbocycles. The van der Waals surface area contributed by atoms with E-state index in [0.29, 0.717) is 17.0 Å². The number of aliphatic hydroxyl groups excluding tert-OH is 1. The fraction of sp³-hybridized carbons (Fsp3) is 0.300. The van der Waals surface area contributed by atoms with Gasteiger partial charge in [0, 0.05) is 12.1 Å². The molecule has 1 aliphatic heterocycles. The van der Waals surface area contributed by atoms with Gasteiger partial charge in [-0.15, -0.1) is 0 Å². The molecule has 3 atom stereocenters. The van der Waals surface area contributed by atoms with Gasteiger partial charge in [-0.05, 0) is 36.8 Å². The van der Waals surface area contributed by atoms with E-state index < -0.39 is 30.3 Å². The minimum Gasteiger partial charge on any atom is -0.467 e. The largest absolute Gasteiger partial charge is 0.467 e. The quantitative estimate of drug-likeness (QED) is 0.580. The molecule has 3 aromatic rings. The number of anilines is 2. The Balaban J connectivity index is 1.66. The van der Waals surface area contributed by atoms with Crippen molar-refractivity contribution in [3.05, 3.63) is 65.7 Å². The number of aromatic nitrogens is 2. The van der Waals surface area contributed by atoms with Crippen molar-refractivity contribution in [2.45, 2.75) is 37.7 Å². The number of hydrogen-bond donors (Lipinski definition) is 3. The van der Waals surface area contributed by atoms with Crippen molar-refractivity contribution >= 4 is 17.4 Å². The van der Waals surface area contributed by atoms with Crippen LogP contribution in [0.2, 0.25) is 0 Å². The molecule has 7 nitrogen and oxygen atoms in total. The number of aliphatic hydroxyl groups is 1. The molecule has 3 heterocycles. The van der Waals surface area contributed by atoms with Crippen molar-refractivity contribution in [1.82, 2.24) is 9.78 Å². The number of nitrogens with one attached hydrogen (secondary N) is 2. The van der Waals surface area contributed by atoms with E-state index in [-0.39, 0.29) is 17.8 Å². The maximum absolute atomic E-state index is 13.7. The molecule has 0 bridgehead atoms. The molecule has 0 radical (unpaired) electrons. The van der Waals surface area contributed by atoms with E-state index in [2.05, 4.69) is 15.7 Å². The van der Waals surface area contributed by atoms with Crippen LogP contribution in [0.3, 0.4) is 0 Å². The first kappa shape index (κ1) is 20.0. The van der Waals surface area contributed by atoms with Crippen molar-refractivity contribution in [1.29, 1.82) is 0 Å². The van der Waals surface area contributed by atoms with E-state index >= 15 is 0 Å². The van der Waals surface area contributed by atoms with Crippen molar-refractivity contribution in [2.75, 3.05) is 10.6 Å². The van der Waals surface area contributed by atoms with Gasteiger partial charge in [0.25, 0.3) is 5.91 Å². The fourth-order valence-corrected chi connectivity index (χ4v) is 3.48. The highest BCUT2D eigenvalue weighted by atomic mass is 19.4. The van der Waals surface area contributed by atoms with E-state index in [4.69, 9.17) is 4.42 Å². The first-order valence-corrected chi connectivity index (χ1v) is 9.27. The van der Waals surface area contributed by atoms with Crippen molar-refractivity contribution < 1.29 is 27.5 Å². The lowest BCUT2D eigenvalue weighted by molar-refractivity contribution is -0.174. The topological polar surface area (TPSA) is 92.3 Å². The molecule has 30 heavy (non-hydrogen) atoms. The second kappa shape index (κ2) is 7.52. The summed E-state index contributed by atoms with van der Waals surface area (Å²) in [5.41, 5.74) is 0.977. The standard InChI is InChI=1S/C20H19F3N4O3/c1-11(28)12-4-2-5-13(8-12)25-19(29)14-10-24-27-17(20(21,22)23)9-15(26-18(14)27)16-6-3-7-30-16/h2-8,10-11,15,17,26,28H,9H2,1H3,(H,25,29)/t11-,15-,17+/m1/s1. The molecule has 10 heteroatoms. The average molecular weight is 420 g/mol. The van der Waals surface area contributed by atoms with Crippen LogP contribution < -0.4 is 10.6 Å². The van der Waals surface area contributed by atoms with E-state index in [0.717, 1.165) is 10.9 Å². The fourth-order valence-electron chi connectivity index (χ4n) is 3.48. The number of carbonyl (C=O) groups is 1. The number of furan rings is 1. The number of benzene rings is 1. The zero-order valence-electron chi connectivity index (χ0n) is 15.8. The van der Waals surface area contributed by atoms with Gasteiger partial charge in [-0.2, -0.15) is 18.3 Å². The molecule has 0 fully saturated rings. The summed E-state index contributed by atoms with van der Waals surface area (Å²) in [6.07, 6.45) is -3.10. The lowest BCUT2D eigenvalue weighted by Gasteiger charge is -2.32. The molecule has 0 saturated heterocycles. The summed E-state index contributed by atoms with van der Waals surface area (Å²) in [6, 6.07) is 7.09. The lowest BCUT2D eigenvalue weighted by Crippen LogP contribution is -2.36. The number of nitrogens with zero attached hydrogens (tertiary/aromatic N) is 2. The minimum absolute atomic E-state index is 0.0250. The predicted octanol–water partition coefficient (Wildman–Crippen LogP) is 4.44. The highest BCUT2D eigenvalue weighted by Gasteiger charge is 2.47. The van der Waals surface area contributed by atoms with Crippen LogP contribution in [-0.2, 0) is 0 Å². The first-order chi connectivity index (χ1) is 14.2. The summed E-state index contributed by atoms with van der Waals surface area (Å²) in [4.78, 5) is 12.8. The Hall–Kier alpha value is -3.27. The van der Waals surface area contributed by atoms with Crippen LogP contribution >= 0.6 is 0 Å². The third kappa shape index (κ3) is 3.78. The van der Waals surface area contributed by atoms with Gasteiger partial charge in [0.05, 0.1) is 24.6 Å². The summed E-state index contributed by atoms with van der Waals surface area (Å²) in [7, 11) is 0. The number of carbonyl (C=O) groups excluding carboxylic acids is 1. The van der Waals surface area contributed by atoms with Crippen LogP contribution in [-0.4, -0.2) is 27.0 Å². The van der Waals surface area contributed by atoms with Crippen molar-refractivity contribution in [2.24, 2.45) is 0 Å².